The van der Waals surface area contributed by atoms with Crippen LogP contribution in [0.3, 0.4) is 0 Å². The largest absolute Gasteiger partial charge is 0.481 e. The molecule has 0 heterocycles. The van der Waals surface area contributed by atoms with E-state index in [1.54, 1.807) is 11.1 Å². The van der Waals surface area contributed by atoms with E-state index in [1.807, 2.05) is 7.11 Å². The third-order valence-corrected chi connectivity index (χ3v) is 12.3. The standard InChI is InChI=1S/C32H54O3/c1-21(2)10-9-11-22(3)23-15-19-32(20-28(33)34)25-12-13-26-29(4,5)27(35-8)16-17-30(26,6)24(25)14-18-31(23,32)7/h21-23,26-27H,9-20H2,1-8H3,(H,33,34)/t22-,23-,26?,27+,30-,31-,32-/m1/s1. The minimum Gasteiger partial charge on any atom is -0.481 e. The minimum atomic E-state index is -0.589. The summed E-state index contributed by atoms with van der Waals surface area (Å²) >= 11 is 0. The van der Waals surface area contributed by atoms with Crippen LogP contribution in [-0.4, -0.2) is 24.3 Å². The molecule has 0 bridgehead atoms. The molecule has 4 aliphatic carbocycles. The number of carbonyl (C=O) groups is 1. The number of hydrogen-bond acceptors (Lipinski definition) is 2. The van der Waals surface area contributed by atoms with Crippen molar-refractivity contribution < 1.29 is 14.6 Å². The molecule has 4 aliphatic rings. The summed E-state index contributed by atoms with van der Waals surface area (Å²) in [6, 6.07) is 0. The van der Waals surface area contributed by atoms with Crippen molar-refractivity contribution >= 4 is 5.97 Å². The summed E-state index contributed by atoms with van der Waals surface area (Å²) in [6.07, 6.45) is 13.8. The number of allylic oxidation sites excluding steroid dienone is 2. The molecule has 0 aromatic carbocycles. The molecule has 0 spiro atoms. The number of ether oxygens (including phenoxy) is 1. The zero-order chi connectivity index (χ0) is 25.8. The van der Waals surface area contributed by atoms with Crippen molar-refractivity contribution in [3.05, 3.63) is 11.1 Å². The van der Waals surface area contributed by atoms with Crippen molar-refractivity contribution in [3.63, 3.8) is 0 Å². The first kappa shape index (κ1) is 27.2. The zero-order valence-electron chi connectivity index (χ0n) is 24.1. The SMILES string of the molecule is CO[C@H]1CC[C@]2(C)C3=C(CCC2C1(C)C)[C@]1(CC(=O)O)CC[C@H]([C@H](C)CCCC(C)C)[C@@]1(C)CC3. The fourth-order valence-electron chi connectivity index (χ4n) is 10.5. The van der Waals surface area contributed by atoms with E-state index in [1.165, 1.54) is 51.4 Å². The molecule has 4 rings (SSSR count). The Morgan fingerprint density at radius 3 is 2.31 bits per heavy atom. The zero-order valence-corrected chi connectivity index (χ0v) is 24.1. The van der Waals surface area contributed by atoms with E-state index in [9.17, 15) is 9.90 Å². The van der Waals surface area contributed by atoms with Gasteiger partial charge in [-0.05, 0) is 91.3 Å². The Morgan fingerprint density at radius 2 is 1.69 bits per heavy atom. The van der Waals surface area contributed by atoms with Gasteiger partial charge in [0.15, 0.2) is 0 Å². The van der Waals surface area contributed by atoms with Crippen LogP contribution >= 0.6 is 0 Å². The average molecular weight is 487 g/mol. The minimum absolute atomic E-state index is 0.115. The molecule has 0 aliphatic heterocycles. The molecule has 3 heteroatoms. The Balaban J connectivity index is 1.72. The molecule has 0 amide bonds. The Kier molecular flexibility index (Phi) is 7.37. The van der Waals surface area contributed by atoms with Crippen molar-refractivity contribution in [2.45, 2.75) is 132 Å². The van der Waals surface area contributed by atoms with Crippen molar-refractivity contribution in [3.8, 4) is 0 Å². The van der Waals surface area contributed by atoms with Crippen LogP contribution in [0.15, 0.2) is 11.1 Å². The molecule has 3 nitrogen and oxygen atoms in total. The smallest absolute Gasteiger partial charge is 0.304 e. The third kappa shape index (κ3) is 4.15. The lowest BCUT2D eigenvalue weighted by molar-refractivity contribution is -0.143. The van der Waals surface area contributed by atoms with Crippen LogP contribution in [0.25, 0.3) is 0 Å². The van der Waals surface area contributed by atoms with Crippen LogP contribution < -0.4 is 0 Å². The number of rotatable bonds is 8. The number of methoxy groups -OCH3 is 1. The number of hydrogen-bond donors (Lipinski definition) is 1. The fraction of sp³-hybridized carbons (Fsp3) is 0.906. The summed E-state index contributed by atoms with van der Waals surface area (Å²) in [6.45, 7) is 17.0. The maximum atomic E-state index is 12.5. The molecule has 0 aromatic heterocycles. The van der Waals surface area contributed by atoms with E-state index in [0.717, 1.165) is 25.2 Å². The first-order chi connectivity index (χ1) is 16.3. The highest BCUT2D eigenvalue weighted by molar-refractivity contribution is 5.69. The van der Waals surface area contributed by atoms with Gasteiger partial charge in [0.1, 0.15) is 0 Å². The van der Waals surface area contributed by atoms with Gasteiger partial charge in [0, 0.05) is 12.5 Å². The third-order valence-electron chi connectivity index (χ3n) is 12.3. The van der Waals surface area contributed by atoms with Gasteiger partial charge in [0.25, 0.3) is 0 Å². The molecular weight excluding hydrogens is 432 g/mol. The van der Waals surface area contributed by atoms with Crippen molar-refractivity contribution in [1.29, 1.82) is 0 Å². The number of aliphatic carboxylic acids is 1. The summed E-state index contributed by atoms with van der Waals surface area (Å²) in [5.74, 6) is 2.12. The highest BCUT2D eigenvalue weighted by atomic mass is 16.5. The van der Waals surface area contributed by atoms with E-state index in [2.05, 4.69) is 48.5 Å². The second-order valence-corrected chi connectivity index (χ2v) is 14.6. The average Bonchev–Trinajstić information content (AvgIpc) is 3.05. The van der Waals surface area contributed by atoms with Gasteiger partial charge in [-0.3, -0.25) is 4.79 Å². The number of fused-ring (bicyclic) bond motifs is 4. The molecule has 35 heavy (non-hydrogen) atoms. The molecule has 7 atom stereocenters. The van der Waals surface area contributed by atoms with Gasteiger partial charge >= 0.3 is 5.97 Å². The van der Waals surface area contributed by atoms with E-state index in [4.69, 9.17) is 4.74 Å². The lowest BCUT2D eigenvalue weighted by atomic mass is 9.42. The molecule has 0 radical (unpaired) electrons. The lowest BCUT2D eigenvalue weighted by Crippen LogP contribution is -2.56. The number of carboxylic acids is 1. The Bertz CT molecular complexity index is 840. The summed E-state index contributed by atoms with van der Waals surface area (Å²) in [5, 5.41) is 10.2. The summed E-state index contributed by atoms with van der Waals surface area (Å²) < 4.78 is 5.99. The van der Waals surface area contributed by atoms with E-state index in [0.29, 0.717) is 30.3 Å². The molecule has 0 aromatic rings. The second-order valence-electron chi connectivity index (χ2n) is 14.6. The summed E-state index contributed by atoms with van der Waals surface area (Å²) in [5.41, 5.74) is 3.62. The highest BCUT2D eigenvalue weighted by Crippen LogP contribution is 2.73. The van der Waals surface area contributed by atoms with Crippen molar-refractivity contribution in [2.75, 3.05) is 7.11 Å². The number of carboxylic acid groups (broad SMARTS) is 1. The topological polar surface area (TPSA) is 46.5 Å². The van der Waals surface area contributed by atoms with Crippen LogP contribution in [0.1, 0.15) is 126 Å². The Hall–Kier alpha value is -0.830. The molecule has 200 valence electrons. The van der Waals surface area contributed by atoms with Crippen LogP contribution in [0.2, 0.25) is 0 Å². The summed E-state index contributed by atoms with van der Waals surface area (Å²) in [7, 11) is 1.89. The van der Waals surface area contributed by atoms with E-state index >= 15 is 0 Å². The van der Waals surface area contributed by atoms with Crippen LogP contribution in [-0.2, 0) is 9.53 Å². The van der Waals surface area contributed by atoms with Gasteiger partial charge in [-0.2, -0.15) is 0 Å². The Labute approximate surface area is 215 Å². The van der Waals surface area contributed by atoms with Gasteiger partial charge in [-0.1, -0.05) is 78.9 Å². The molecule has 2 fully saturated rings. The first-order valence-corrected chi connectivity index (χ1v) is 14.8. The van der Waals surface area contributed by atoms with Crippen LogP contribution in [0, 0.1) is 45.3 Å². The molecule has 1 unspecified atom stereocenters. The predicted octanol–water partition coefficient (Wildman–Crippen LogP) is 8.67. The summed E-state index contributed by atoms with van der Waals surface area (Å²) in [4.78, 5) is 12.5. The normalized spacial score (nSPS) is 41.3. The van der Waals surface area contributed by atoms with Crippen molar-refractivity contribution in [2.24, 2.45) is 45.3 Å². The lowest BCUT2D eigenvalue weighted by Gasteiger charge is -2.63. The first-order valence-electron chi connectivity index (χ1n) is 14.8. The maximum Gasteiger partial charge on any atom is 0.304 e. The van der Waals surface area contributed by atoms with Crippen LogP contribution in [0.5, 0.6) is 0 Å². The quantitative estimate of drug-likeness (QED) is 0.349. The maximum absolute atomic E-state index is 12.5. The fourth-order valence-corrected chi connectivity index (χ4v) is 10.5. The van der Waals surface area contributed by atoms with E-state index in [-0.39, 0.29) is 21.7 Å². The molecule has 0 saturated heterocycles. The molecule has 2 saturated carbocycles. The Morgan fingerprint density at radius 1 is 0.971 bits per heavy atom. The predicted molar refractivity (Wildman–Crippen MR) is 144 cm³/mol. The monoisotopic (exact) mass is 486 g/mol. The van der Waals surface area contributed by atoms with Gasteiger partial charge in [0.2, 0.25) is 0 Å². The van der Waals surface area contributed by atoms with E-state index < -0.39 is 5.97 Å². The van der Waals surface area contributed by atoms with Crippen molar-refractivity contribution in [1.82, 2.24) is 0 Å². The van der Waals surface area contributed by atoms with Gasteiger partial charge in [0.05, 0.1) is 12.5 Å². The van der Waals surface area contributed by atoms with Gasteiger partial charge in [-0.25, -0.2) is 0 Å². The molecule has 1 N–H and O–H groups in total. The molecular formula is C32H54O3. The second kappa shape index (κ2) is 9.48. The van der Waals surface area contributed by atoms with Gasteiger partial charge in [-0.15, -0.1) is 0 Å². The van der Waals surface area contributed by atoms with Gasteiger partial charge < -0.3 is 9.84 Å². The van der Waals surface area contributed by atoms with Crippen LogP contribution in [0.4, 0.5) is 0 Å². The highest BCUT2D eigenvalue weighted by Gasteiger charge is 2.65.